The van der Waals surface area contributed by atoms with Crippen LogP contribution in [0.5, 0.6) is 0 Å². The fraction of sp³-hybridized carbons (Fsp3) is 0.222. The predicted octanol–water partition coefficient (Wildman–Crippen LogP) is 5.20. The zero-order valence-electron chi connectivity index (χ0n) is 20.1. The van der Waals surface area contributed by atoms with Crippen LogP contribution in [0.1, 0.15) is 32.7 Å². The molecule has 1 amide bonds. The normalized spacial score (nSPS) is 13.8. The lowest BCUT2D eigenvalue weighted by Gasteiger charge is -2.27. The number of nitrogens with one attached hydrogen (secondary N) is 1. The summed E-state index contributed by atoms with van der Waals surface area (Å²) in [6.07, 6.45) is -2.97. The van der Waals surface area contributed by atoms with Gasteiger partial charge in [0.25, 0.3) is 5.91 Å². The molecule has 0 atom stereocenters. The number of ether oxygens (including phenoxy) is 1. The number of halogens is 4. The van der Waals surface area contributed by atoms with Crippen LogP contribution in [0.4, 0.5) is 24.7 Å². The number of morpholine rings is 1. The lowest BCUT2D eigenvalue weighted by molar-refractivity contribution is -0.137. The van der Waals surface area contributed by atoms with E-state index in [-0.39, 0.29) is 16.3 Å². The number of benzene rings is 2. The fourth-order valence-corrected chi connectivity index (χ4v) is 4.32. The van der Waals surface area contributed by atoms with Gasteiger partial charge < -0.3 is 15.0 Å². The number of carbonyl (C=O) groups is 1. The van der Waals surface area contributed by atoms with Crippen molar-refractivity contribution in [3.63, 3.8) is 0 Å². The molecule has 0 spiro atoms. The van der Waals surface area contributed by atoms with E-state index in [2.05, 4.69) is 32.1 Å². The highest BCUT2D eigenvalue weighted by molar-refractivity contribution is 6.31. The highest BCUT2D eigenvalue weighted by Crippen LogP contribution is 2.33. The third-order valence-corrected chi connectivity index (χ3v) is 6.29. The Morgan fingerprint density at radius 1 is 1.11 bits per heavy atom. The SMILES string of the molecule is Cc1c(C#Cc2cnc3ccc(N4CCOCC4)nn23)cccc1C(=O)Nc1cc(Cl)cc(C(F)(F)F)c1. The van der Waals surface area contributed by atoms with Gasteiger partial charge in [0, 0.05) is 34.9 Å². The summed E-state index contributed by atoms with van der Waals surface area (Å²) in [5.74, 6) is 6.36. The fourth-order valence-electron chi connectivity index (χ4n) is 4.08. The molecular formula is C27H21ClF3N5O2. The van der Waals surface area contributed by atoms with Crippen LogP contribution in [-0.4, -0.2) is 46.8 Å². The van der Waals surface area contributed by atoms with Gasteiger partial charge in [-0.05, 0) is 60.9 Å². The number of fused-ring (bicyclic) bond motifs is 1. The van der Waals surface area contributed by atoms with E-state index >= 15 is 0 Å². The van der Waals surface area contributed by atoms with Crippen molar-refractivity contribution < 1.29 is 22.7 Å². The third kappa shape index (κ3) is 5.44. The molecule has 0 radical (unpaired) electrons. The van der Waals surface area contributed by atoms with Crippen molar-refractivity contribution in [1.82, 2.24) is 14.6 Å². The quantitative estimate of drug-likeness (QED) is 0.362. The zero-order valence-corrected chi connectivity index (χ0v) is 20.9. The van der Waals surface area contributed by atoms with E-state index in [0.29, 0.717) is 35.7 Å². The molecular weight excluding hydrogens is 519 g/mol. The number of imidazole rings is 1. The Morgan fingerprint density at radius 3 is 2.66 bits per heavy atom. The molecule has 11 heteroatoms. The van der Waals surface area contributed by atoms with E-state index in [0.717, 1.165) is 31.0 Å². The minimum absolute atomic E-state index is 0.0569. The van der Waals surface area contributed by atoms with Gasteiger partial charge in [-0.25, -0.2) is 9.50 Å². The summed E-state index contributed by atoms with van der Waals surface area (Å²) >= 11 is 5.84. The third-order valence-electron chi connectivity index (χ3n) is 6.07. The van der Waals surface area contributed by atoms with Crippen LogP contribution in [0.15, 0.2) is 54.7 Å². The average molecular weight is 540 g/mol. The summed E-state index contributed by atoms with van der Waals surface area (Å²) < 4.78 is 46.5. The lowest BCUT2D eigenvalue weighted by atomic mass is 10.0. The van der Waals surface area contributed by atoms with Gasteiger partial charge in [0.1, 0.15) is 11.5 Å². The van der Waals surface area contributed by atoms with Crippen LogP contribution in [0, 0.1) is 18.8 Å². The molecule has 0 unspecified atom stereocenters. The molecule has 194 valence electrons. The maximum Gasteiger partial charge on any atom is 0.416 e. The monoisotopic (exact) mass is 539 g/mol. The molecule has 3 heterocycles. The van der Waals surface area contributed by atoms with E-state index in [4.69, 9.17) is 16.3 Å². The van der Waals surface area contributed by atoms with E-state index in [9.17, 15) is 18.0 Å². The van der Waals surface area contributed by atoms with Crippen molar-refractivity contribution in [3.05, 3.63) is 87.7 Å². The molecule has 1 saturated heterocycles. The van der Waals surface area contributed by atoms with Gasteiger partial charge >= 0.3 is 6.18 Å². The highest BCUT2D eigenvalue weighted by Gasteiger charge is 2.31. The largest absolute Gasteiger partial charge is 0.416 e. The molecule has 0 bridgehead atoms. The number of carbonyl (C=O) groups excluding carboxylic acids is 1. The number of rotatable bonds is 3. The number of amides is 1. The van der Waals surface area contributed by atoms with Gasteiger partial charge in [-0.15, -0.1) is 5.10 Å². The van der Waals surface area contributed by atoms with Crippen LogP contribution >= 0.6 is 11.6 Å². The smallest absolute Gasteiger partial charge is 0.378 e. The topological polar surface area (TPSA) is 71.8 Å². The van der Waals surface area contributed by atoms with Gasteiger partial charge in [0.15, 0.2) is 5.65 Å². The zero-order chi connectivity index (χ0) is 26.9. The molecule has 2 aromatic heterocycles. The number of hydrogen-bond acceptors (Lipinski definition) is 5. The molecule has 38 heavy (non-hydrogen) atoms. The molecule has 0 saturated carbocycles. The van der Waals surface area contributed by atoms with Crippen molar-refractivity contribution in [2.75, 3.05) is 36.5 Å². The molecule has 1 N–H and O–H groups in total. The Labute approximate surface area is 221 Å². The van der Waals surface area contributed by atoms with Crippen LogP contribution in [0.3, 0.4) is 0 Å². The van der Waals surface area contributed by atoms with Gasteiger partial charge in [-0.3, -0.25) is 4.79 Å². The first-order chi connectivity index (χ1) is 18.2. The number of hydrogen-bond donors (Lipinski definition) is 1. The van der Waals surface area contributed by atoms with E-state index in [1.807, 2.05) is 12.1 Å². The van der Waals surface area contributed by atoms with Gasteiger partial charge in [0.05, 0.1) is 25.0 Å². The summed E-state index contributed by atoms with van der Waals surface area (Å²) in [6.45, 7) is 4.49. The summed E-state index contributed by atoms with van der Waals surface area (Å²) in [7, 11) is 0. The molecule has 1 aliphatic heterocycles. The van der Waals surface area contributed by atoms with Crippen LogP contribution in [-0.2, 0) is 10.9 Å². The second-order valence-electron chi connectivity index (χ2n) is 8.61. The van der Waals surface area contributed by atoms with Crippen LogP contribution in [0.2, 0.25) is 5.02 Å². The summed E-state index contributed by atoms with van der Waals surface area (Å²) in [5, 5.41) is 7.05. The minimum Gasteiger partial charge on any atom is -0.378 e. The summed E-state index contributed by atoms with van der Waals surface area (Å²) in [4.78, 5) is 19.4. The number of alkyl halides is 3. The molecule has 1 aliphatic rings. The van der Waals surface area contributed by atoms with E-state index < -0.39 is 17.6 Å². The Kier molecular flexibility index (Phi) is 6.97. The Bertz CT molecular complexity index is 1580. The average Bonchev–Trinajstić information content (AvgIpc) is 3.30. The summed E-state index contributed by atoms with van der Waals surface area (Å²) in [6, 6.07) is 11.7. The van der Waals surface area contributed by atoms with Crippen molar-refractivity contribution in [3.8, 4) is 11.8 Å². The summed E-state index contributed by atoms with van der Waals surface area (Å²) in [5.41, 5.74) is 1.65. The first-order valence-corrected chi connectivity index (χ1v) is 12.0. The van der Waals surface area contributed by atoms with Crippen molar-refractivity contribution in [2.45, 2.75) is 13.1 Å². The van der Waals surface area contributed by atoms with Gasteiger partial charge in [-0.2, -0.15) is 13.2 Å². The first-order valence-electron chi connectivity index (χ1n) is 11.7. The molecule has 4 aromatic rings. The van der Waals surface area contributed by atoms with Crippen molar-refractivity contribution in [2.24, 2.45) is 0 Å². The first kappa shape index (κ1) is 25.6. The highest BCUT2D eigenvalue weighted by atomic mass is 35.5. The van der Waals surface area contributed by atoms with Crippen LogP contribution < -0.4 is 10.2 Å². The second-order valence-corrected chi connectivity index (χ2v) is 9.05. The molecule has 2 aromatic carbocycles. The Balaban J connectivity index is 1.40. The van der Waals surface area contributed by atoms with Gasteiger partial charge in [0.2, 0.25) is 0 Å². The Morgan fingerprint density at radius 2 is 1.89 bits per heavy atom. The standard InChI is InChI=1S/C27H21ClF3N5O2/c1-17-18(3-2-4-23(17)26(37)33-21-14-19(27(29,30)31)13-20(28)15-21)5-6-22-16-32-24-7-8-25(34-36(22)24)35-9-11-38-12-10-35/h2-4,7-8,13-16H,9-12H2,1H3,(H,33,37). The number of anilines is 2. The maximum absolute atomic E-state index is 13.1. The van der Waals surface area contributed by atoms with E-state index in [1.54, 1.807) is 35.8 Å². The van der Waals surface area contributed by atoms with Crippen LogP contribution in [0.25, 0.3) is 5.65 Å². The maximum atomic E-state index is 13.1. The second kappa shape index (κ2) is 10.4. The Hall–Kier alpha value is -4.07. The predicted molar refractivity (Wildman–Crippen MR) is 138 cm³/mol. The minimum atomic E-state index is -4.59. The molecule has 1 fully saturated rings. The molecule has 5 rings (SSSR count). The molecule has 0 aliphatic carbocycles. The van der Waals surface area contributed by atoms with Gasteiger partial charge in [-0.1, -0.05) is 23.6 Å². The number of aromatic nitrogens is 3. The van der Waals surface area contributed by atoms with Crippen molar-refractivity contribution >= 4 is 34.7 Å². The lowest BCUT2D eigenvalue weighted by Crippen LogP contribution is -2.37. The van der Waals surface area contributed by atoms with E-state index in [1.165, 1.54) is 6.07 Å². The molecule has 7 nitrogen and oxygen atoms in total. The number of nitrogens with zero attached hydrogens (tertiary/aromatic N) is 4. The van der Waals surface area contributed by atoms with Crippen molar-refractivity contribution in [1.29, 1.82) is 0 Å².